The highest BCUT2D eigenvalue weighted by Gasteiger charge is 2.18. The zero-order valence-electron chi connectivity index (χ0n) is 13.8. The Kier molecular flexibility index (Phi) is 4.38. The summed E-state index contributed by atoms with van der Waals surface area (Å²) in [5.74, 6) is 0.954. The fraction of sp³-hybridized carbons (Fsp3) is 0.300. The second kappa shape index (κ2) is 6.97. The summed E-state index contributed by atoms with van der Waals surface area (Å²) in [5, 5.41) is 1.32. The minimum Gasteiger partial charge on any atom is -0.492 e. The first-order valence-corrected chi connectivity index (χ1v) is 8.61. The lowest BCUT2D eigenvalue weighted by Crippen LogP contribution is -2.47. The monoisotopic (exact) mass is 321 g/mol. The Bertz CT molecular complexity index is 776. The van der Waals surface area contributed by atoms with E-state index >= 15 is 0 Å². The third kappa shape index (κ3) is 3.24. The number of para-hydroxylation sites is 1. The van der Waals surface area contributed by atoms with Crippen molar-refractivity contribution in [3.05, 3.63) is 60.8 Å². The Morgan fingerprint density at radius 3 is 2.54 bits per heavy atom. The second-order valence-electron chi connectivity index (χ2n) is 6.21. The quantitative estimate of drug-likeness (QED) is 0.782. The Balaban J connectivity index is 1.30. The number of aromatic amines is 1. The van der Waals surface area contributed by atoms with Crippen LogP contribution >= 0.6 is 0 Å². The molecule has 2 heterocycles. The normalized spacial score (nSPS) is 15.8. The molecular weight excluding hydrogens is 298 g/mol. The zero-order valence-corrected chi connectivity index (χ0v) is 13.8. The molecule has 4 rings (SSSR count). The van der Waals surface area contributed by atoms with Gasteiger partial charge in [0.15, 0.2) is 0 Å². The minimum atomic E-state index is 0.747. The molecular formula is C20H23N3O. The van der Waals surface area contributed by atoms with Gasteiger partial charge in [0.05, 0.1) is 0 Å². The maximum Gasteiger partial charge on any atom is 0.119 e. The molecule has 1 aliphatic heterocycles. The summed E-state index contributed by atoms with van der Waals surface area (Å²) in [6.07, 6.45) is 2.02. The van der Waals surface area contributed by atoms with E-state index in [2.05, 4.69) is 39.0 Å². The lowest BCUT2D eigenvalue weighted by molar-refractivity contribution is 0.200. The first kappa shape index (κ1) is 15.1. The van der Waals surface area contributed by atoms with Crippen LogP contribution < -0.4 is 9.64 Å². The number of fused-ring (bicyclic) bond motifs is 1. The summed E-state index contributed by atoms with van der Waals surface area (Å²) in [6, 6.07) is 18.7. The lowest BCUT2D eigenvalue weighted by Gasteiger charge is -2.36. The fourth-order valence-electron chi connectivity index (χ4n) is 3.37. The maximum atomic E-state index is 5.81. The number of ether oxygens (including phenoxy) is 1. The molecule has 0 radical (unpaired) electrons. The first-order chi connectivity index (χ1) is 11.9. The van der Waals surface area contributed by atoms with Crippen molar-refractivity contribution in [2.45, 2.75) is 0 Å². The van der Waals surface area contributed by atoms with Crippen LogP contribution in [0.25, 0.3) is 10.9 Å². The number of piperazine rings is 1. The van der Waals surface area contributed by atoms with Crippen LogP contribution in [0.3, 0.4) is 0 Å². The summed E-state index contributed by atoms with van der Waals surface area (Å²) < 4.78 is 5.81. The van der Waals surface area contributed by atoms with Crippen LogP contribution in [0.1, 0.15) is 0 Å². The highest BCUT2D eigenvalue weighted by Crippen LogP contribution is 2.26. The van der Waals surface area contributed by atoms with E-state index in [1.807, 2.05) is 36.5 Å². The highest BCUT2D eigenvalue weighted by atomic mass is 16.5. The number of anilines is 1. The van der Waals surface area contributed by atoms with Gasteiger partial charge in [-0.25, -0.2) is 0 Å². The number of nitrogens with one attached hydrogen (secondary N) is 1. The molecule has 1 aromatic heterocycles. The zero-order chi connectivity index (χ0) is 16.2. The van der Waals surface area contributed by atoms with Crippen LogP contribution in [-0.2, 0) is 0 Å². The van der Waals surface area contributed by atoms with Crippen molar-refractivity contribution < 1.29 is 4.74 Å². The Hall–Kier alpha value is -2.46. The van der Waals surface area contributed by atoms with E-state index in [9.17, 15) is 0 Å². The van der Waals surface area contributed by atoms with Crippen LogP contribution in [0, 0.1) is 0 Å². The molecule has 0 aliphatic carbocycles. The van der Waals surface area contributed by atoms with Crippen molar-refractivity contribution in [3.8, 4) is 5.75 Å². The molecule has 0 bridgehead atoms. The molecule has 3 aromatic rings. The maximum absolute atomic E-state index is 5.81. The number of benzene rings is 2. The largest absolute Gasteiger partial charge is 0.492 e. The molecule has 4 heteroatoms. The van der Waals surface area contributed by atoms with Crippen LogP contribution in [0.5, 0.6) is 5.75 Å². The molecule has 0 atom stereocenters. The van der Waals surface area contributed by atoms with E-state index in [0.29, 0.717) is 0 Å². The molecule has 0 unspecified atom stereocenters. The summed E-state index contributed by atoms with van der Waals surface area (Å²) in [6.45, 7) is 6.03. The first-order valence-electron chi connectivity index (χ1n) is 8.61. The second-order valence-corrected chi connectivity index (χ2v) is 6.21. The van der Waals surface area contributed by atoms with E-state index in [1.165, 1.54) is 16.6 Å². The molecule has 4 nitrogen and oxygen atoms in total. The van der Waals surface area contributed by atoms with Gasteiger partial charge in [0.1, 0.15) is 12.4 Å². The molecule has 0 amide bonds. The van der Waals surface area contributed by atoms with Crippen molar-refractivity contribution in [1.29, 1.82) is 0 Å². The van der Waals surface area contributed by atoms with Gasteiger partial charge in [-0.2, -0.15) is 0 Å². The number of aromatic nitrogens is 1. The molecule has 0 spiro atoms. The van der Waals surface area contributed by atoms with Gasteiger partial charge in [-0.15, -0.1) is 0 Å². The van der Waals surface area contributed by atoms with Crippen molar-refractivity contribution >= 4 is 16.6 Å². The van der Waals surface area contributed by atoms with E-state index in [1.54, 1.807) is 0 Å². The Morgan fingerprint density at radius 1 is 0.875 bits per heavy atom. The summed E-state index contributed by atoms with van der Waals surface area (Å²) >= 11 is 0. The van der Waals surface area contributed by atoms with Crippen LogP contribution in [-0.4, -0.2) is 49.2 Å². The third-order valence-electron chi connectivity index (χ3n) is 4.70. The fourth-order valence-corrected chi connectivity index (χ4v) is 3.37. The van der Waals surface area contributed by atoms with Crippen molar-refractivity contribution in [3.63, 3.8) is 0 Å². The number of nitrogens with zero attached hydrogens (tertiary/aromatic N) is 2. The van der Waals surface area contributed by atoms with Gasteiger partial charge < -0.3 is 14.6 Å². The third-order valence-corrected chi connectivity index (χ3v) is 4.70. The van der Waals surface area contributed by atoms with Gasteiger partial charge >= 0.3 is 0 Å². The standard InChI is InChI=1S/C20H23N3O/c1-2-5-17(6-3-1)24-16-15-22-11-13-23(14-12-22)20-8-4-7-19-18(20)9-10-21-19/h1-10,21H,11-16H2. The summed E-state index contributed by atoms with van der Waals surface area (Å²) in [7, 11) is 0. The average Bonchev–Trinajstić information content (AvgIpc) is 3.12. The predicted molar refractivity (Wildman–Crippen MR) is 98.9 cm³/mol. The number of hydrogen-bond donors (Lipinski definition) is 1. The SMILES string of the molecule is c1ccc(OCCN2CCN(c3cccc4[nH]ccc34)CC2)cc1. The molecule has 1 saturated heterocycles. The van der Waals surface area contributed by atoms with E-state index < -0.39 is 0 Å². The predicted octanol–water partition coefficient (Wildman–Crippen LogP) is 3.37. The van der Waals surface area contributed by atoms with Crippen LogP contribution in [0.15, 0.2) is 60.8 Å². The number of hydrogen-bond acceptors (Lipinski definition) is 3. The van der Waals surface area contributed by atoms with E-state index in [0.717, 1.165) is 45.1 Å². The van der Waals surface area contributed by atoms with Gasteiger partial charge in [-0.05, 0) is 30.3 Å². The highest BCUT2D eigenvalue weighted by molar-refractivity contribution is 5.92. The summed E-state index contributed by atoms with van der Waals surface area (Å²) in [4.78, 5) is 8.27. The summed E-state index contributed by atoms with van der Waals surface area (Å²) in [5.41, 5.74) is 2.56. The van der Waals surface area contributed by atoms with Crippen LogP contribution in [0.2, 0.25) is 0 Å². The number of H-pyrrole nitrogens is 1. The molecule has 1 N–H and O–H groups in total. The number of rotatable bonds is 5. The van der Waals surface area contributed by atoms with Gasteiger partial charge in [0.25, 0.3) is 0 Å². The minimum absolute atomic E-state index is 0.747. The topological polar surface area (TPSA) is 31.5 Å². The molecule has 0 saturated carbocycles. The lowest BCUT2D eigenvalue weighted by atomic mass is 10.1. The Labute approximate surface area is 142 Å². The van der Waals surface area contributed by atoms with Crippen molar-refractivity contribution in [2.24, 2.45) is 0 Å². The van der Waals surface area contributed by atoms with Crippen molar-refractivity contribution in [2.75, 3.05) is 44.2 Å². The van der Waals surface area contributed by atoms with E-state index in [-0.39, 0.29) is 0 Å². The average molecular weight is 321 g/mol. The van der Waals surface area contributed by atoms with E-state index in [4.69, 9.17) is 4.74 Å². The molecule has 24 heavy (non-hydrogen) atoms. The van der Waals surface area contributed by atoms with Gasteiger partial charge in [-0.1, -0.05) is 24.3 Å². The molecule has 2 aromatic carbocycles. The molecule has 1 aliphatic rings. The van der Waals surface area contributed by atoms with Gasteiger partial charge in [0, 0.05) is 55.5 Å². The molecule has 124 valence electrons. The van der Waals surface area contributed by atoms with Gasteiger partial charge in [-0.3, -0.25) is 4.90 Å². The van der Waals surface area contributed by atoms with Gasteiger partial charge in [0.2, 0.25) is 0 Å². The van der Waals surface area contributed by atoms with Crippen LogP contribution in [0.4, 0.5) is 5.69 Å². The Morgan fingerprint density at radius 2 is 1.71 bits per heavy atom. The molecule has 1 fully saturated rings. The smallest absolute Gasteiger partial charge is 0.119 e. The van der Waals surface area contributed by atoms with Crippen molar-refractivity contribution in [1.82, 2.24) is 9.88 Å².